The van der Waals surface area contributed by atoms with Crippen molar-refractivity contribution in [3.63, 3.8) is 0 Å². The van der Waals surface area contributed by atoms with Crippen LogP contribution in [0.1, 0.15) is 21.5 Å². The van der Waals surface area contributed by atoms with Crippen LogP contribution in [0.5, 0.6) is 11.5 Å². The number of hydrogen-bond acceptors (Lipinski definition) is 3. The molecule has 0 aliphatic heterocycles. The molecule has 118 valence electrons. The van der Waals surface area contributed by atoms with Gasteiger partial charge >= 0.3 is 5.97 Å². The van der Waals surface area contributed by atoms with Crippen molar-refractivity contribution in [1.29, 1.82) is 0 Å². The summed E-state index contributed by atoms with van der Waals surface area (Å²) in [7, 11) is 0. The number of fused-ring (bicyclic) bond motifs is 1. The first-order valence-electron chi connectivity index (χ1n) is 6.91. The monoisotopic (exact) mass is 331 g/mol. The number of phenolic OH excluding ortho intramolecular Hbond substituents is 2. The Morgan fingerprint density at radius 2 is 1.83 bits per heavy atom. The van der Waals surface area contributed by atoms with Crippen LogP contribution in [0.2, 0.25) is 5.15 Å². The van der Waals surface area contributed by atoms with E-state index >= 15 is 0 Å². The fourth-order valence-corrected chi connectivity index (χ4v) is 2.93. The maximum absolute atomic E-state index is 11.5. The van der Waals surface area contributed by atoms with Gasteiger partial charge in [0, 0.05) is 11.9 Å². The zero-order valence-electron chi connectivity index (χ0n) is 12.2. The molecule has 0 unspecified atom stereocenters. The maximum Gasteiger partial charge on any atom is 0.339 e. The fourth-order valence-electron chi connectivity index (χ4n) is 2.60. The highest BCUT2D eigenvalue weighted by Gasteiger charge is 2.22. The molecule has 0 radical (unpaired) electrons. The van der Waals surface area contributed by atoms with Gasteiger partial charge in [0.1, 0.15) is 22.2 Å². The molecular formula is C17H14ClNO4. The highest BCUT2D eigenvalue weighted by Crippen LogP contribution is 2.34. The molecule has 0 bridgehead atoms. The first-order valence-corrected chi connectivity index (χ1v) is 7.28. The molecule has 0 saturated carbocycles. The standard InChI is InChI=1S/C17H14ClNO4/c1-9-6-13-12(7-14(9)21)15(17(22)23)16(18)19(13)8-10-2-4-11(20)5-3-10/h2-7,20-21H,8H2,1H3,(H,22,23). The van der Waals surface area contributed by atoms with Gasteiger partial charge in [0.25, 0.3) is 0 Å². The van der Waals surface area contributed by atoms with Crippen molar-refractivity contribution >= 4 is 28.5 Å². The van der Waals surface area contributed by atoms with E-state index < -0.39 is 5.97 Å². The van der Waals surface area contributed by atoms with Crippen LogP contribution in [-0.2, 0) is 6.54 Å². The highest BCUT2D eigenvalue weighted by atomic mass is 35.5. The number of carboxylic acids is 1. The smallest absolute Gasteiger partial charge is 0.339 e. The number of aryl methyl sites for hydroxylation is 1. The molecule has 1 aromatic heterocycles. The minimum atomic E-state index is -1.15. The Hall–Kier alpha value is -2.66. The average molecular weight is 332 g/mol. The van der Waals surface area contributed by atoms with E-state index in [1.54, 1.807) is 41.8 Å². The van der Waals surface area contributed by atoms with Crippen molar-refractivity contribution in [3.8, 4) is 11.5 Å². The van der Waals surface area contributed by atoms with E-state index in [1.807, 2.05) is 0 Å². The molecule has 0 saturated heterocycles. The molecule has 3 N–H and O–H groups in total. The highest BCUT2D eigenvalue weighted by molar-refractivity contribution is 6.35. The third-order valence-corrected chi connectivity index (χ3v) is 4.20. The van der Waals surface area contributed by atoms with Gasteiger partial charge in [0.15, 0.2) is 0 Å². The first kappa shape index (κ1) is 15.2. The van der Waals surface area contributed by atoms with Crippen molar-refractivity contribution < 1.29 is 20.1 Å². The van der Waals surface area contributed by atoms with Crippen LogP contribution in [0.25, 0.3) is 10.9 Å². The average Bonchev–Trinajstić information content (AvgIpc) is 2.74. The zero-order chi connectivity index (χ0) is 16.7. The Morgan fingerprint density at radius 3 is 2.43 bits per heavy atom. The quantitative estimate of drug-likeness (QED) is 0.682. The molecule has 23 heavy (non-hydrogen) atoms. The number of phenols is 2. The lowest BCUT2D eigenvalue weighted by molar-refractivity contribution is 0.0699. The van der Waals surface area contributed by atoms with Gasteiger partial charge in [-0.15, -0.1) is 0 Å². The number of carbonyl (C=O) groups is 1. The van der Waals surface area contributed by atoms with Crippen LogP contribution in [0.3, 0.4) is 0 Å². The Bertz CT molecular complexity index is 913. The van der Waals surface area contributed by atoms with E-state index in [4.69, 9.17) is 11.6 Å². The van der Waals surface area contributed by atoms with Gasteiger partial charge in [0.05, 0.1) is 5.52 Å². The summed E-state index contributed by atoms with van der Waals surface area (Å²) in [6, 6.07) is 9.74. The Balaban J connectivity index is 2.23. The van der Waals surface area contributed by atoms with Crippen LogP contribution >= 0.6 is 11.6 Å². The van der Waals surface area contributed by atoms with E-state index in [1.165, 1.54) is 6.07 Å². The van der Waals surface area contributed by atoms with E-state index in [9.17, 15) is 20.1 Å². The molecule has 2 aromatic carbocycles. The molecule has 0 spiro atoms. The van der Waals surface area contributed by atoms with Gasteiger partial charge in [-0.3, -0.25) is 0 Å². The van der Waals surface area contributed by atoms with Crippen molar-refractivity contribution in [2.45, 2.75) is 13.5 Å². The Kier molecular flexibility index (Phi) is 3.66. The summed E-state index contributed by atoms with van der Waals surface area (Å²) in [5.74, 6) is -0.963. The summed E-state index contributed by atoms with van der Waals surface area (Å²) < 4.78 is 1.68. The van der Waals surface area contributed by atoms with Crippen LogP contribution < -0.4 is 0 Å². The number of hydrogen-bond donors (Lipinski definition) is 3. The van der Waals surface area contributed by atoms with Gasteiger partial charge in [-0.25, -0.2) is 4.79 Å². The number of aromatic carboxylic acids is 1. The second-order valence-electron chi connectivity index (χ2n) is 5.38. The largest absolute Gasteiger partial charge is 0.508 e. The van der Waals surface area contributed by atoms with E-state index in [-0.39, 0.29) is 22.2 Å². The number of aromatic hydroxyl groups is 2. The van der Waals surface area contributed by atoms with Gasteiger partial charge in [0.2, 0.25) is 0 Å². The molecular weight excluding hydrogens is 318 g/mol. The molecule has 0 amide bonds. The van der Waals surface area contributed by atoms with Crippen molar-refractivity contribution in [3.05, 3.63) is 58.2 Å². The minimum absolute atomic E-state index is 0.0263. The number of nitrogens with zero attached hydrogens (tertiary/aromatic N) is 1. The molecule has 0 aliphatic rings. The second-order valence-corrected chi connectivity index (χ2v) is 5.74. The van der Waals surface area contributed by atoms with E-state index in [0.29, 0.717) is 23.0 Å². The van der Waals surface area contributed by atoms with Crippen LogP contribution in [-0.4, -0.2) is 25.9 Å². The van der Waals surface area contributed by atoms with Gasteiger partial charge in [-0.1, -0.05) is 23.7 Å². The molecule has 5 nitrogen and oxygen atoms in total. The number of aromatic nitrogens is 1. The summed E-state index contributed by atoms with van der Waals surface area (Å²) in [6.07, 6.45) is 0. The second kappa shape index (κ2) is 5.52. The van der Waals surface area contributed by atoms with Crippen LogP contribution in [0.4, 0.5) is 0 Å². The molecule has 1 heterocycles. The summed E-state index contributed by atoms with van der Waals surface area (Å²) in [4.78, 5) is 11.5. The van der Waals surface area contributed by atoms with Gasteiger partial charge in [-0.2, -0.15) is 0 Å². The summed E-state index contributed by atoms with van der Waals surface area (Å²) >= 11 is 6.28. The minimum Gasteiger partial charge on any atom is -0.508 e. The molecule has 0 aliphatic carbocycles. The lowest BCUT2D eigenvalue weighted by Crippen LogP contribution is -2.01. The summed E-state index contributed by atoms with van der Waals surface area (Å²) in [5, 5.41) is 29.1. The molecule has 6 heteroatoms. The third-order valence-electron chi connectivity index (χ3n) is 3.81. The van der Waals surface area contributed by atoms with Crippen molar-refractivity contribution in [2.24, 2.45) is 0 Å². The SMILES string of the molecule is Cc1cc2c(cc1O)c(C(=O)O)c(Cl)n2Cc1ccc(O)cc1. The van der Waals surface area contributed by atoms with Crippen LogP contribution in [0, 0.1) is 6.92 Å². The number of rotatable bonds is 3. The van der Waals surface area contributed by atoms with Crippen molar-refractivity contribution in [2.75, 3.05) is 0 Å². The van der Waals surface area contributed by atoms with E-state index in [0.717, 1.165) is 5.56 Å². The maximum atomic E-state index is 11.5. The number of halogens is 1. The Morgan fingerprint density at radius 1 is 1.17 bits per heavy atom. The third kappa shape index (κ3) is 2.59. The molecule has 0 fully saturated rings. The van der Waals surface area contributed by atoms with Crippen LogP contribution in [0.15, 0.2) is 36.4 Å². The lowest BCUT2D eigenvalue weighted by atomic mass is 10.1. The predicted octanol–water partition coefficient (Wildman–Crippen LogP) is 3.76. The fraction of sp³-hybridized carbons (Fsp3) is 0.118. The number of benzene rings is 2. The molecule has 0 atom stereocenters. The topological polar surface area (TPSA) is 82.7 Å². The number of carboxylic acid groups (broad SMARTS) is 1. The van der Waals surface area contributed by atoms with Gasteiger partial charge in [-0.05, 0) is 42.3 Å². The van der Waals surface area contributed by atoms with Gasteiger partial charge < -0.3 is 19.9 Å². The normalized spacial score (nSPS) is 11.0. The lowest BCUT2D eigenvalue weighted by Gasteiger charge is -2.08. The molecule has 3 aromatic rings. The predicted molar refractivity (Wildman–Crippen MR) is 87.5 cm³/mol. The Labute approximate surface area is 137 Å². The summed E-state index contributed by atoms with van der Waals surface area (Å²) in [6.45, 7) is 2.09. The first-order chi connectivity index (χ1) is 10.9. The van der Waals surface area contributed by atoms with E-state index in [2.05, 4.69) is 0 Å². The van der Waals surface area contributed by atoms with Crippen molar-refractivity contribution in [1.82, 2.24) is 4.57 Å². The summed E-state index contributed by atoms with van der Waals surface area (Å²) in [5.41, 5.74) is 2.10. The zero-order valence-corrected chi connectivity index (χ0v) is 13.0. The molecule has 3 rings (SSSR count).